The Balaban J connectivity index is 1.50. The van der Waals surface area contributed by atoms with Crippen LogP contribution in [0.3, 0.4) is 0 Å². The summed E-state index contributed by atoms with van der Waals surface area (Å²) in [5, 5.41) is 14.7. The van der Waals surface area contributed by atoms with E-state index in [0.29, 0.717) is 5.69 Å². The number of aliphatic hydroxyl groups excluding tert-OH is 1. The summed E-state index contributed by atoms with van der Waals surface area (Å²) in [6, 6.07) is 14.7. The third-order valence-corrected chi connectivity index (χ3v) is 7.13. The molecule has 3 N–H and O–H groups in total. The second-order valence-electron chi connectivity index (χ2n) is 9.92. The maximum Gasteiger partial charge on any atom is 0.325 e. The lowest BCUT2D eigenvalue weighted by atomic mass is 9.89. The molecule has 0 radical (unpaired) electrons. The number of aliphatic hydroxyl groups is 1. The summed E-state index contributed by atoms with van der Waals surface area (Å²) in [5.74, 6) is -0.379. The van der Waals surface area contributed by atoms with Gasteiger partial charge >= 0.3 is 12.0 Å². The summed E-state index contributed by atoms with van der Waals surface area (Å²) < 4.78 is 17.9. The van der Waals surface area contributed by atoms with E-state index >= 15 is 0 Å². The molecule has 206 valence electrons. The van der Waals surface area contributed by atoms with Gasteiger partial charge in [-0.3, -0.25) is 4.79 Å². The highest BCUT2D eigenvalue weighted by Crippen LogP contribution is 2.42. The second-order valence-corrected chi connectivity index (χ2v) is 9.92. The lowest BCUT2D eigenvalue weighted by Crippen LogP contribution is -2.45. The standard InChI is InChI=1S/C29H39N3O6/c1-3-36-26(34)17-30-29(35)31-24-9-7-8-23(16-24)28-37-25(18-32-14-5-4-6-15-32)20(2)27(38-28)22-12-10-21(19-33)11-13-22/h7-13,16,20,25,27-28,33H,3-6,14-15,17-19H2,1-2H3,(H2,30,31,35)/t20-,25+,27+,28+/m0/s1. The molecule has 2 heterocycles. The molecule has 9 nitrogen and oxygen atoms in total. The van der Waals surface area contributed by atoms with E-state index in [2.05, 4.69) is 22.5 Å². The number of nitrogens with one attached hydrogen (secondary N) is 2. The zero-order chi connectivity index (χ0) is 26.9. The van der Waals surface area contributed by atoms with Crippen LogP contribution in [-0.2, 0) is 25.6 Å². The normalized spacial score (nSPS) is 24.0. The number of anilines is 1. The fraction of sp³-hybridized carbons (Fsp3) is 0.517. The lowest BCUT2D eigenvalue weighted by molar-refractivity contribution is -0.276. The summed E-state index contributed by atoms with van der Waals surface area (Å²) in [5.41, 5.74) is 3.25. The first kappa shape index (κ1) is 28.0. The molecule has 2 saturated heterocycles. The topological polar surface area (TPSA) is 109 Å². The molecule has 0 unspecified atom stereocenters. The summed E-state index contributed by atoms with van der Waals surface area (Å²) in [7, 11) is 0. The molecule has 2 aliphatic rings. The van der Waals surface area contributed by atoms with Crippen molar-refractivity contribution < 1.29 is 28.9 Å². The second kappa shape index (κ2) is 13.7. The van der Waals surface area contributed by atoms with E-state index in [4.69, 9.17) is 14.2 Å². The fourth-order valence-corrected chi connectivity index (χ4v) is 5.03. The van der Waals surface area contributed by atoms with Gasteiger partial charge in [-0.15, -0.1) is 0 Å². The number of esters is 1. The number of rotatable bonds is 9. The predicted molar refractivity (Wildman–Crippen MR) is 143 cm³/mol. The zero-order valence-corrected chi connectivity index (χ0v) is 22.2. The number of ether oxygens (including phenoxy) is 3. The Morgan fingerprint density at radius 2 is 1.82 bits per heavy atom. The number of amides is 2. The smallest absolute Gasteiger partial charge is 0.325 e. The first-order valence-corrected chi connectivity index (χ1v) is 13.5. The van der Waals surface area contributed by atoms with Crippen LogP contribution in [0, 0.1) is 5.92 Å². The van der Waals surface area contributed by atoms with Gasteiger partial charge in [-0.2, -0.15) is 0 Å². The molecule has 0 aliphatic carbocycles. The van der Waals surface area contributed by atoms with Crippen molar-refractivity contribution in [3.8, 4) is 0 Å². The highest BCUT2D eigenvalue weighted by Gasteiger charge is 2.39. The van der Waals surface area contributed by atoms with Crippen molar-refractivity contribution in [1.29, 1.82) is 0 Å². The van der Waals surface area contributed by atoms with Gasteiger partial charge in [0.1, 0.15) is 6.54 Å². The van der Waals surface area contributed by atoms with Gasteiger partial charge in [-0.25, -0.2) is 4.79 Å². The Morgan fingerprint density at radius 3 is 2.53 bits per heavy atom. The molecule has 0 saturated carbocycles. The number of piperidine rings is 1. The molecule has 2 amide bonds. The minimum atomic E-state index is -0.618. The Kier molecular flexibility index (Phi) is 10.1. The van der Waals surface area contributed by atoms with Crippen LogP contribution < -0.4 is 10.6 Å². The molecule has 0 bridgehead atoms. The summed E-state index contributed by atoms with van der Waals surface area (Å²) in [6.07, 6.45) is 2.83. The largest absolute Gasteiger partial charge is 0.465 e. The number of nitrogens with zero attached hydrogens (tertiary/aromatic N) is 1. The number of urea groups is 1. The highest BCUT2D eigenvalue weighted by atomic mass is 16.7. The van der Waals surface area contributed by atoms with Crippen molar-refractivity contribution in [3.05, 3.63) is 65.2 Å². The molecule has 0 spiro atoms. The van der Waals surface area contributed by atoms with Gasteiger partial charge in [0.15, 0.2) is 6.29 Å². The van der Waals surface area contributed by atoms with Crippen LogP contribution in [-0.4, -0.2) is 60.9 Å². The van der Waals surface area contributed by atoms with E-state index in [0.717, 1.165) is 36.3 Å². The van der Waals surface area contributed by atoms with Crippen molar-refractivity contribution in [3.63, 3.8) is 0 Å². The van der Waals surface area contributed by atoms with Crippen LogP contribution in [0.15, 0.2) is 48.5 Å². The van der Waals surface area contributed by atoms with E-state index in [1.807, 2.05) is 42.5 Å². The van der Waals surface area contributed by atoms with Crippen molar-refractivity contribution in [1.82, 2.24) is 10.2 Å². The van der Waals surface area contributed by atoms with E-state index < -0.39 is 18.3 Å². The van der Waals surface area contributed by atoms with Crippen LogP contribution in [0.2, 0.25) is 0 Å². The molecule has 2 aromatic carbocycles. The van der Waals surface area contributed by atoms with Crippen LogP contribution in [0.1, 0.15) is 62.2 Å². The van der Waals surface area contributed by atoms with Gasteiger partial charge in [0.05, 0.1) is 25.4 Å². The lowest BCUT2D eigenvalue weighted by Gasteiger charge is -2.43. The number of benzene rings is 2. The third kappa shape index (κ3) is 7.54. The molecule has 38 heavy (non-hydrogen) atoms. The highest BCUT2D eigenvalue weighted by molar-refractivity contribution is 5.91. The van der Waals surface area contributed by atoms with Crippen molar-refractivity contribution in [2.24, 2.45) is 5.92 Å². The van der Waals surface area contributed by atoms with Crippen LogP contribution in [0.4, 0.5) is 10.5 Å². The van der Waals surface area contributed by atoms with Gasteiger partial charge < -0.3 is 34.9 Å². The fourth-order valence-electron chi connectivity index (χ4n) is 5.03. The summed E-state index contributed by atoms with van der Waals surface area (Å²) in [4.78, 5) is 26.3. The summed E-state index contributed by atoms with van der Waals surface area (Å²) in [6.45, 7) is 6.92. The van der Waals surface area contributed by atoms with Crippen molar-refractivity contribution in [2.75, 3.05) is 38.1 Å². The van der Waals surface area contributed by atoms with E-state index in [1.165, 1.54) is 19.3 Å². The Morgan fingerprint density at radius 1 is 1.05 bits per heavy atom. The SMILES string of the molecule is CCOC(=O)CNC(=O)Nc1cccc([C@@H]2O[C@H](CN3CCCCC3)[C@H](C)[C@H](c3ccc(CO)cc3)O2)c1. The Hall–Kier alpha value is -2.98. The number of likely N-dealkylation sites (tertiary alicyclic amines) is 1. The number of carbonyl (C=O) groups excluding carboxylic acids is 2. The van der Waals surface area contributed by atoms with Crippen molar-refractivity contribution in [2.45, 2.75) is 58.2 Å². The molecular weight excluding hydrogens is 486 g/mol. The van der Waals surface area contributed by atoms with Gasteiger partial charge in [0.25, 0.3) is 0 Å². The number of hydrogen-bond acceptors (Lipinski definition) is 7. The van der Waals surface area contributed by atoms with Gasteiger partial charge in [0.2, 0.25) is 0 Å². The first-order valence-electron chi connectivity index (χ1n) is 13.5. The minimum Gasteiger partial charge on any atom is -0.465 e. The van der Waals surface area contributed by atoms with E-state index in [1.54, 1.807) is 13.0 Å². The molecule has 9 heteroatoms. The molecule has 0 aromatic heterocycles. The predicted octanol–water partition coefficient (Wildman–Crippen LogP) is 4.14. The minimum absolute atomic E-state index is 0.00215. The number of hydrogen-bond donors (Lipinski definition) is 3. The first-order chi connectivity index (χ1) is 18.5. The maximum atomic E-state index is 12.3. The molecular formula is C29H39N3O6. The Bertz CT molecular complexity index is 1060. The zero-order valence-electron chi connectivity index (χ0n) is 22.2. The molecule has 4 rings (SSSR count). The average Bonchev–Trinajstić information content (AvgIpc) is 2.94. The summed E-state index contributed by atoms with van der Waals surface area (Å²) >= 11 is 0. The average molecular weight is 526 g/mol. The van der Waals surface area contributed by atoms with Gasteiger partial charge in [-0.1, -0.05) is 49.7 Å². The molecule has 4 atom stereocenters. The van der Waals surface area contributed by atoms with Crippen LogP contribution in [0.25, 0.3) is 0 Å². The van der Waals surface area contributed by atoms with Crippen LogP contribution in [0.5, 0.6) is 0 Å². The molecule has 2 fully saturated rings. The van der Waals surface area contributed by atoms with E-state index in [9.17, 15) is 14.7 Å². The van der Waals surface area contributed by atoms with Crippen molar-refractivity contribution >= 4 is 17.7 Å². The van der Waals surface area contributed by atoms with E-state index in [-0.39, 0.29) is 37.9 Å². The monoisotopic (exact) mass is 525 g/mol. The van der Waals surface area contributed by atoms with Gasteiger partial charge in [-0.05, 0) is 56.1 Å². The van der Waals surface area contributed by atoms with Gasteiger partial charge in [0, 0.05) is 23.7 Å². The Labute approximate surface area is 224 Å². The maximum absolute atomic E-state index is 12.3. The van der Waals surface area contributed by atoms with Crippen LogP contribution >= 0.6 is 0 Å². The quantitative estimate of drug-likeness (QED) is 0.422. The number of carbonyl (C=O) groups is 2. The third-order valence-electron chi connectivity index (χ3n) is 7.13. The molecule has 2 aromatic rings. The molecule has 2 aliphatic heterocycles.